The standard InChI is InChI=1S/C14H21N3O2/c1-19-14-12(5-3-7-16-14)10-17-13(18)8-11-4-2-6-15-9-11/h3,5,7,11,15H,2,4,6,8-10H2,1H3,(H,17,18). The Morgan fingerprint density at radius 3 is 3.26 bits per heavy atom. The Morgan fingerprint density at radius 1 is 1.63 bits per heavy atom. The lowest BCUT2D eigenvalue weighted by Crippen LogP contribution is -2.34. The summed E-state index contributed by atoms with van der Waals surface area (Å²) in [6, 6.07) is 3.75. The molecule has 1 aromatic heterocycles. The molecule has 0 spiro atoms. The van der Waals surface area contributed by atoms with Crippen molar-refractivity contribution in [2.24, 2.45) is 5.92 Å². The van der Waals surface area contributed by atoms with Gasteiger partial charge in [-0.15, -0.1) is 0 Å². The van der Waals surface area contributed by atoms with Gasteiger partial charge in [-0.05, 0) is 37.9 Å². The van der Waals surface area contributed by atoms with Gasteiger partial charge in [0.15, 0.2) is 0 Å². The first-order chi connectivity index (χ1) is 9.29. The van der Waals surface area contributed by atoms with E-state index in [-0.39, 0.29) is 5.91 Å². The van der Waals surface area contributed by atoms with Crippen molar-refractivity contribution in [1.82, 2.24) is 15.6 Å². The van der Waals surface area contributed by atoms with E-state index < -0.39 is 0 Å². The smallest absolute Gasteiger partial charge is 0.220 e. The molecule has 2 N–H and O–H groups in total. The van der Waals surface area contributed by atoms with Gasteiger partial charge in [-0.1, -0.05) is 6.07 Å². The summed E-state index contributed by atoms with van der Waals surface area (Å²) in [7, 11) is 1.58. The van der Waals surface area contributed by atoms with Crippen molar-refractivity contribution >= 4 is 5.91 Å². The number of nitrogens with zero attached hydrogens (tertiary/aromatic N) is 1. The molecule has 1 aliphatic rings. The number of carbonyl (C=O) groups excluding carboxylic acids is 1. The topological polar surface area (TPSA) is 63.2 Å². The highest BCUT2D eigenvalue weighted by Gasteiger charge is 2.16. The van der Waals surface area contributed by atoms with Gasteiger partial charge in [0.25, 0.3) is 0 Å². The summed E-state index contributed by atoms with van der Waals surface area (Å²) < 4.78 is 5.16. The summed E-state index contributed by atoms with van der Waals surface area (Å²) in [5, 5.41) is 6.26. The van der Waals surface area contributed by atoms with Gasteiger partial charge in [-0.3, -0.25) is 4.79 Å². The summed E-state index contributed by atoms with van der Waals surface area (Å²) in [5.41, 5.74) is 0.903. The molecule has 5 heteroatoms. The number of hydrogen-bond donors (Lipinski definition) is 2. The molecule has 1 atom stereocenters. The van der Waals surface area contributed by atoms with Crippen LogP contribution in [0.1, 0.15) is 24.8 Å². The molecule has 1 aromatic rings. The van der Waals surface area contributed by atoms with Crippen LogP contribution in [0.5, 0.6) is 5.88 Å². The highest BCUT2D eigenvalue weighted by atomic mass is 16.5. The van der Waals surface area contributed by atoms with Gasteiger partial charge in [0.1, 0.15) is 0 Å². The van der Waals surface area contributed by atoms with Crippen molar-refractivity contribution < 1.29 is 9.53 Å². The second kappa shape index (κ2) is 7.09. The fraction of sp³-hybridized carbons (Fsp3) is 0.571. The average molecular weight is 263 g/mol. The molecule has 2 heterocycles. The molecule has 0 aliphatic carbocycles. The maximum Gasteiger partial charge on any atom is 0.220 e. The van der Waals surface area contributed by atoms with Gasteiger partial charge in [-0.25, -0.2) is 4.98 Å². The van der Waals surface area contributed by atoms with E-state index in [1.807, 2.05) is 12.1 Å². The summed E-state index contributed by atoms with van der Waals surface area (Å²) >= 11 is 0. The van der Waals surface area contributed by atoms with Gasteiger partial charge in [0.05, 0.1) is 7.11 Å². The first kappa shape index (κ1) is 13.8. The minimum Gasteiger partial charge on any atom is -0.481 e. The van der Waals surface area contributed by atoms with Gasteiger partial charge in [0.2, 0.25) is 11.8 Å². The van der Waals surface area contributed by atoms with Gasteiger partial charge in [0, 0.05) is 24.7 Å². The first-order valence-corrected chi connectivity index (χ1v) is 6.75. The maximum absolute atomic E-state index is 11.9. The Kier molecular flexibility index (Phi) is 5.15. The lowest BCUT2D eigenvalue weighted by atomic mass is 9.96. The third-order valence-electron chi connectivity index (χ3n) is 3.39. The molecule has 0 saturated carbocycles. The zero-order chi connectivity index (χ0) is 13.5. The molecule has 1 aliphatic heterocycles. The molecule has 19 heavy (non-hydrogen) atoms. The zero-order valence-electron chi connectivity index (χ0n) is 11.3. The largest absolute Gasteiger partial charge is 0.481 e. The zero-order valence-corrected chi connectivity index (χ0v) is 11.3. The number of carbonyl (C=O) groups is 1. The van der Waals surface area contributed by atoms with Crippen LogP contribution in [0.15, 0.2) is 18.3 Å². The van der Waals surface area contributed by atoms with E-state index in [0.29, 0.717) is 24.8 Å². The molecule has 2 rings (SSSR count). The van der Waals surface area contributed by atoms with E-state index in [9.17, 15) is 4.79 Å². The molecule has 0 bridgehead atoms. The van der Waals surface area contributed by atoms with Crippen molar-refractivity contribution in [3.8, 4) is 5.88 Å². The third-order valence-corrected chi connectivity index (χ3v) is 3.39. The number of methoxy groups -OCH3 is 1. The molecule has 0 aromatic carbocycles. The monoisotopic (exact) mass is 263 g/mol. The second-order valence-corrected chi connectivity index (χ2v) is 4.87. The van der Waals surface area contributed by atoms with Crippen molar-refractivity contribution in [2.75, 3.05) is 20.2 Å². The number of ether oxygens (including phenoxy) is 1. The van der Waals surface area contributed by atoms with Crippen molar-refractivity contribution in [3.05, 3.63) is 23.9 Å². The van der Waals surface area contributed by atoms with Crippen LogP contribution < -0.4 is 15.4 Å². The Hall–Kier alpha value is -1.62. The van der Waals surface area contributed by atoms with Crippen LogP contribution in [0.4, 0.5) is 0 Å². The van der Waals surface area contributed by atoms with E-state index >= 15 is 0 Å². The number of rotatable bonds is 5. The lowest BCUT2D eigenvalue weighted by molar-refractivity contribution is -0.122. The quantitative estimate of drug-likeness (QED) is 0.835. The van der Waals surface area contributed by atoms with Gasteiger partial charge >= 0.3 is 0 Å². The van der Waals surface area contributed by atoms with Crippen LogP contribution in [0.25, 0.3) is 0 Å². The van der Waals surface area contributed by atoms with E-state index in [1.165, 1.54) is 0 Å². The van der Waals surface area contributed by atoms with Crippen LogP contribution in [0.3, 0.4) is 0 Å². The minimum absolute atomic E-state index is 0.0969. The summed E-state index contributed by atoms with van der Waals surface area (Å²) in [5.74, 6) is 1.13. The normalized spacial score (nSPS) is 18.9. The summed E-state index contributed by atoms with van der Waals surface area (Å²) in [6.45, 7) is 2.49. The van der Waals surface area contributed by atoms with E-state index in [0.717, 1.165) is 31.5 Å². The second-order valence-electron chi connectivity index (χ2n) is 4.87. The molecule has 5 nitrogen and oxygen atoms in total. The molecule has 1 fully saturated rings. The van der Waals surface area contributed by atoms with Crippen LogP contribution >= 0.6 is 0 Å². The third kappa shape index (κ3) is 4.21. The average Bonchev–Trinajstić information content (AvgIpc) is 2.46. The first-order valence-electron chi connectivity index (χ1n) is 6.75. The van der Waals surface area contributed by atoms with Crippen molar-refractivity contribution in [1.29, 1.82) is 0 Å². The van der Waals surface area contributed by atoms with E-state index in [1.54, 1.807) is 13.3 Å². The SMILES string of the molecule is COc1ncccc1CNC(=O)CC1CCCNC1. The summed E-state index contributed by atoms with van der Waals surface area (Å²) in [4.78, 5) is 16.0. The maximum atomic E-state index is 11.9. The number of nitrogens with one attached hydrogen (secondary N) is 2. The van der Waals surface area contributed by atoms with E-state index in [2.05, 4.69) is 15.6 Å². The number of aromatic nitrogens is 1. The number of hydrogen-bond acceptors (Lipinski definition) is 4. The highest BCUT2D eigenvalue weighted by Crippen LogP contribution is 2.15. The number of piperidine rings is 1. The van der Waals surface area contributed by atoms with Crippen molar-refractivity contribution in [2.45, 2.75) is 25.8 Å². The number of pyridine rings is 1. The van der Waals surface area contributed by atoms with Crippen LogP contribution in [0, 0.1) is 5.92 Å². The highest BCUT2D eigenvalue weighted by molar-refractivity contribution is 5.76. The molecule has 1 unspecified atom stereocenters. The van der Waals surface area contributed by atoms with Gasteiger partial charge in [-0.2, -0.15) is 0 Å². The van der Waals surface area contributed by atoms with Crippen LogP contribution in [-0.2, 0) is 11.3 Å². The minimum atomic E-state index is 0.0969. The predicted octanol–water partition coefficient (Wildman–Crippen LogP) is 1.10. The van der Waals surface area contributed by atoms with Crippen LogP contribution in [0.2, 0.25) is 0 Å². The van der Waals surface area contributed by atoms with Gasteiger partial charge < -0.3 is 15.4 Å². The fourth-order valence-corrected chi connectivity index (χ4v) is 2.37. The summed E-state index contributed by atoms with van der Waals surface area (Å²) in [6.07, 6.45) is 4.57. The predicted molar refractivity (Wildman–Crippen MR) is 72.8 cm³/mol. The lowest BCUT2D eigenvalue weighted by Gasteiger charge is -2.22. The Morgan fingerprint density at radius 2 is 2.53 bits per heavy atom. The molecular formula is C14H21N3O2. The molecule has 104 valence electrons. The molecule has 1 amide bonds. The molecule has 1 saturated heterocycles. The Balaban J connectivity index is 1.79. The molecule has 0 radical (unpaired) electrons. The number of amides is 1. The van der Waals surface area contributed by atoms with Crippen molar-refractivity contribution in [3.63, 3.8) is 0 Å². The Labute approximate surface area is 113 Å². The molecular weight excluding hydrogens is 242 g/mol. The Bertz CT molecular complexity index is 417. The fourth-order valence-electron chi connectivity index (χ4n) is 2.37. The van der Waals surface area contributed by atoms with E-state index in [4.69, 9.17) is 4.74 Å². The van der Waals surface area contributed by atoms with Crippen LogP contribution in [-0.4, -0.2) is 31.1 Å².